The lowest BCUT2D eigenvalue weighted by Gasteiger charge is -2.26. The van der Waals surface area contributed by atoms with Crippen molar-refractivity contribution in [3.05, 3.63) is 28.2 Å². The van der Waals surface area contributed by atoms with Crippen LogP contribution in [0.1, 0.15) is 20.3 Å². The predicted octanol–water partition coefficient (Wildman–Crippen LogP) is 2.99. The van der Waals surface area contributed by atoms with Crippen molar-refractivity contribution in [1.82, 2.24) is 4.90 Å². The summed E-state index contributed by atoms with van der Waals surface area (Å²) in [5.41, 5.74) is 6.57. The lowest BCUT2D eigenvalue weighted by atomic mass is 9.90. The van der Waals surface area contributed by atoms with E-state index < -0.39 is 0 Å². The van der Waals surface area contributed by atoms with Crippen LogP contribution >= 0.6 is 23.2 Å². The Morgan fingerprint density at radius 2 is 2.19 bits per heavy atom. The number of hydrogen-bond donors (Lipinski definition) is 2. The second kappa shape index (κ2) is 6.53. The molecule has 2 atom stereocenters. The first kappa shape index (κ1) is 16.6. The molecule has 2 unspecified atom stereocenters. The Balaban J connectivity index is 1.98. The molecule has 0 saturated carbocycles. The van der Waals surface area contributed by atoms with Gasteiger partial charge < -0.3 is 11.1 Å². The van der Waals surface area contributed by atoms with Gasteiger partial charge in [-0.3, -0.25) is 9.69 Å². The molecule has 0 aliphatic carbocycles. The number of likely N-dealkylation sites (tertiary alicyclic amines) is 1. The third kappa shape index (κ3) is 3.89. The summed E-state index contributed by atoms with van der Waals surface area (Å²) in [6.45, 7) is 6.46. The molecule has 3 N–H and O–H groups in total. The van der Waals surface area contributed by atoms with E-state index in [9.17, 15) is 4.79 Å². The van der Waals surface area contributed by atoms with Crippen molar-refractivity contribution < 1.29 is 4.79 Å². The van der Waals surface area contributed by atoms with Gasteiger partial charge in [-0.2, -0.15) is 0 Å². The summed E-state index contributed by atoms with van der Waals surface area (Å²) in [6, 6.07) is 4.87. The molecule has 0 aromatic heterocycles. The molecule has 2 rings (SSSR count). The third-order valence-electron chi connectivity index (χ3n) is 4.19. The van der Waals surface area contributed by atoms with Crippen molar-refractivity contribution in [2.24, 2.45) is 11.1 Å². The van der Waals surface area contributed by atoms with Gasteiger partial charge in [0, 0.05) is 12.2 Å². The van der Waals surface area contributed by atoms with Crippen LogP contribution in [0.5, 0.6) is 0 Å². The van der Waals surface area contributed by atoms with E-state index in [0.717, 1.165) is 19.5 Å². The number of hydrogen-bond acceptors (Lipinski definition) is 3. The molecular weight excluding hydrogens is 309 g/mol. The van der Waals surface area contributed by atoms with E-state index in [-0.39, 0.29) is 17.4 Å². The van der Waals surface area contributed by atoms with Gasteiger partial charge >= 0.3 is 0 Å². The maximum Gasteiger partial charge on any atom is 0.241 e. The van der Waals surface area contributed by atoms with Crippen LogP contribution in [0, 0.1) is 5.41 Å². The number of carbonyl (C=O) groups is 1. The van der Waals surface area contributed by atoms with Crippen LogP contribution < -0.4 is 11.1 Å². The van der Waals surface area contributed by atoms with E-state index in [2.05, 4.69) is 17.1 Å². The van der Waals surface area contributed by atoms with Crippen molar-refractivity contribution in [3.63, 3.8) is 0 Å². The first-order valence-electron chi connectivity index (χ1n) is 7.05. The van der Waals surface area contributed by atoms with Gasteiger partial charge in [0.25, 0.3) is 0 Å². The maximum atomic E-state index is 12.3. The summed E-state index contributed by atoms with van der Waals surface area (Å²) >= 11 is 11.8. The molecule has 1 amide bonds. The number of carbonyl (C=O) groups excluding carboxylic acids is 1. The van der Waals surface area contributed by atoms with E-state index in [4.69, 9.17) is 28.9 Å². The molecule has 1 heterocycles. The Morgan fingerprint density at radius 3 is 2.76 bits per heavy atom. The number of halogens is 2. The second-order valence-corrected chi connectivity index (χ2v) is 6.84. The molecule has 116 valence electrons. The summed E-state index contributed by atoms with van der Waals surface area (Å²) in [6.07, 6.45) is 1.02. The standard InChI is InChI=1S/C15H21Cl2N3O/c1-10(20-6-5-15(2,8-18)9-20)14(21)19-11-3-4-12(16)13(17)7-11/h3-4,7,10H,5-6,8-9,18H2,1-2H3,(H,19,21). The van der Waals surface area contributed by atoms with E-state index in [1.807, 2.05) is 6.92 Å². The molecule has 1 fully saturated rings. The molecule has 1 saturated heterocycles. The molecule has 4 nitrogen and oxygen atoms in total. The Bertz CT molecular complexity index is 538. The van der Waals surface area contributed by atoms with E-state index in [1.165, 1.54) is 0 Å². The Kier molecular flexibility index (Phi) is 5.15. The number of amides is 1. The minimum Gasteiger partial charge on any atom is -0.330 e. The molecular formula is C15H21Cl2N3O. The Labute approximate surface area is 135 Å². The van der Waals surface area contributed by atoms with Gasteiger partial charge in [0.05, 0.1) is 16.1 Å². The van der Waals surface area contributed by atoms with Gasteiger partial charge in [-0.05, 0) is 50.0 Å². The summed E-state index contributed by atoms with van der Waals surface area (Å²) in [4.78, 5) is 14.5. The van der Waals surface area contributed by atoms with Crippen LogP contribution in [0.15, 0.2) is 18.2 Å². The highest BCUT2D eigenvalue weighted by molar-refractivity contribution is 6.42. The molecule has 0 radical (unpaired) electrons. The Morgan fingerprint density at radius 1 is 1.48 bits per heavy atom. The first-order chi connectivity index (χ1) is 9.84. The lowest BCUT2D eigenvalue weighted by molar-refractivity contribution is -0.120. The van der Waals surface area contributed by atoms with Crippen LogP contribution in [-0.4, -0.2) is 36.5 Å². The summed E-state index contributed by atoms with van der Waals surface area (Å²) in [5, 5.41) is 3.78. The van der Waals surface area contributed by atoms with Gasteiger partial charge in [-0.1, -0.05) is 30.1 Å². The predicted molar refractivity (Wildman–Crippen MR) is 87.9 cm³/mol. The molecule has 1 aliphatic rings. The Hall–Kier alpha value is -0.810. The molecule has 1 aromatic rings. The van der Waals surface area contributed by atoms with Crippen LogP contribution in [0.2, 0.25) is 10.0 Å². The lowest BCUT2D eigenvalue weighted by Crippen LogP contribution is -2.42. The van der Waals surface area contributed by atoms with E-state index in [1.54, 1.807) is 18.2 Å². The minimum absolute atomic E-state index is 0.0466. The van der Waals surface area contributed by atoms with Crippen molar-refractivity contribution >= 4 is 34.8 Å². The van der Waals surface area contributed by atoms with Crippen LogP contribution in [0.25, 0.3) is 0 Å². The molecule has 0 spiro atoms. The normalized spacial score (nSPS) is 24.0. The highest BCUT2D eigenvalue weighted by Gasteiger charge is 2.36. The summed E-state index contributed by atoms with van der Waals surface area (Å²) in [7, 11) is 0. The van der Waals surface area contributed by atoms with Crippen molar-refractivity contribution in [1.29, 1.82) is 0 Å². The molecule has 1 aliphatic heterocycles. The van der Waals surface area contributed by atoms with Crippen LogP contribution in [-0.2, 0) is 4.79 Å². The number of anilines is 1. The third-order valence-corrected chi connectivity index (χ3v) is 4.93. The molecule has 0 bridgehead atoms. The zero-order valence-corrected chi connectivity index (χ0v) is 13.8. The smallest absolute Gasteiger partial charge is 0.241 e. The maximum absolute atomic E-state index is 12.3. The summed E-state index contributed by atoms with van der Waals surface area (Å²) < 4.78 is 0. The highest BCUT2D eigenvalue weighted by Crippen LogP contribution is 2.30. The number of nitrogens with two attached hydrogens (primary N) is 1. The fourth-order valence-corrected chi connectivity index (χ4v) is 2.84. The quantitative estimate of drug-likeness (QED) is 0.892. The van der Waals surface area contributed by atoms with Crippen LogP contribution in [0.4, 0.5) is 5.69 Å². The zero-order valence-electron chi connectivity index (χ0n) is 12.3. The topological polar surface area (TPSA) is 58.4 Å². The SMILES string of the molecule is CC(C(=O)Nc1ccc(Cl)c(Cl)c1)N1CCC(C)(CN)C1. The second-order valence-electron chi connectivity index (χ2n) is 6.03. The van der Waals surface area contributed by atoms with Gasteiger partial charge in [0.15, 0.2) is 0 Å². The molecule has 21 heavy (non-hydrogen) atoms. The fraction of sp³-hybridized carbons (Fsp3) is 0.533. The molecule has 1 aromatic carbocycles. The average Bonchev–Trinajstić information content (AvgIpc) is 2.85. The van der Waals surface area contributed by atoms with Crippen molar-refractivity contribution in [2.75, 3.05) is 25.0 Å². The van der Waals surface area contributed by atoms with Gasteiger partial charge in [0.2, 0.25) is 5.91 Å². The monoisotopic (exact) mass is 329 g/mol. The largest absolute Gasteiger partial charge is 0.330 e. The van der Waals surface area contributed by atoms with Gasteiger partial charge in [-0.25, -0.2) is 0 Å². The average molecular weight is 330 g/mol. The molecule has 6 heteroatoms. The van der Waals surface area contributed by atoms with Gasteiger partial charge in [-0.15, -0.1) is 0 Å². The number of rotatable bonds is 4. The van der Waals surface area contributed by atoms with Crippen molar-refractivity contribution in [2.45, 2.75) is 26.3 Å². The summed E-state index contributed by atoms with van der Waals surface area (Å²) in [5.74, 6) is -0.0466. The fourth-order valence-electron chi connectivity index (χ4n) is 2.55. The number of benzene rings is 1. The first-order valence-corrected chi connectivity index (χ1v) is 7.80. The van der Waals surface area contributed by atoms with E-state index >= 15 is 0 Å². The zero-order chi connectivity index (χ0) is 15.6. The van der Waals surface area contributed by atoms with E-state index in [0.29, 0.717) is 22.3 Å². The van der Waals surface area contributed by atoms with Crippen LogP contribution in [0.3, 0.4) is 0 Å². The minimum atomic E-state index is -0.201. The van der Waals surface area contributed by atoms with Crippen molar-refractivity contribution in [3.8, 4) is 0 Å². The number of nitrogens with one attached hydrogen (secondary N) is 1. The highest BCUT2D eigenvalue weighted by atomic mass is 35.5. The van der Waals surface area contributed by atoms with Gasteiger partial charge in [0.1, 0.15) is 0 Å². The number of nitrogens with zero attached hydrogens (tertiary/aromatic N) is 1.